The Hall–Kier alpha value is -0.810. The first-order chi connectivity index (χ1) is 25.6. The lowest BCUT2D eigenvalue weighted by Gasteiger charge is -2.64. The van der Waals surface area contributed by atoms with Gasteiger partial charge in [-0.2, -0.15) is 0 Å². The molecule has 2 spiro atoms. The third-order valence-corrected chi connectivity index (χ3v) is 17.4. The van der Waals surface area contributed by atoms with Crippen molar-refractivity contribution < 1.29 is 64.6 Å². The molecule has 21 atom stereocenters. The Kier molecular flexibility index (Phi) is 11.1. The van der Waals surface area contributed by atoms with E-state index in [1.54, 1.807) is 0 Å². The highest BCUT2D eigenvalue weighted by atomic mass is 16.8. The van der Waals surface area contributed by atoms with Crippen LogP contribution in [0.1, 0.15) is 113 Å². The summed E-state index contributed by atoms with van der Waals surface area (Å²) in [5, 5.41) is 87.8. The third kappa shape index (κ3) is 6.10. The molecule has 0 amide bonds. The summed E-state index contributed by atoms with van der Waals surface area (Å²) in [6.07, 6.45) is -8.54. The van der Waals surface area contributed by atoms with Crippen molar-refractivity contribution in [2.24, 2.45) is 56.7 Å². The Morgan fingerprint density at radius 3 is 2.11 bits per heavy atom. The molecule has 0 aromatic rings. The second-order valence-electron chi connectivity index (χ2n) is 20.5. The van der Waals surface area contributed by atoms with Crippen molar-refractivity contribution in [2.75, 3.05) is 6.61 Å². The van der Waals surface area contributed by atoms with Crippen LogP contribution in [-0.4, -0.2) is 133 Å². The fraction of sp³-hybridized carbons (Fsp3) is 0.976. The van der Waals surface area contributed by atoms with Crippen molar-refractivity contribution >= 4 is 5.78 Å². The smallest absolute Gasteiger partial charge is 0.187 e. The number of fused-ring (bicyclic) bond motifs is 2. The molecule has 13 nitrogen and oxygen atoms in total. The third-order valence-electron chi connectivity index (χ3n) is 17.4. The molecular weight excluding hydrogens is 712 g/mol. The van der Waals surface area contributed by atoms with Crippen molar-refractivity contribution in [3.8, 4) is 0 Å². The van der Waals surface area contributed by atoms with Crippen LogP contribution in [0.15, 0.2) is 0 Å². The summed E-state index contributed by atoms with van der Waals surface area (Å²) in [6, 6.07) is 0. The summed E-state index contributed by atoms with van der Waals surface area (Å²) in [4.78, 5) is 12.6. The van der Waals surface area contributed by atoms with E-state index in [1.807, 2.05) is 13.8 Å². The molecule has 0 bridgehead atoms. The number of ether oxygens (including phenoxy) is 4. The highest BCUT2D eigenvalue weighted by molar-refractivity contribution is 5.80. The average Bonchev–Trinajstić information content (AvgIpc) is 3.76. The van der Waals surface area contributed by atoms with Crippen LogP contribution in [0.2, 0.25) is 0 Å². The highest BCUT2D eigenvalue weighted by Crippen LogP contribution is 2.89. The lowest BCUT2D eigenvalue weighted by atomic mass is 9.41. The highest BCUT2D eigenvalue weighted by Gasteiger charge is 2.85. The van der Waals surface area contributed by atoms with E-state index in [-0.39, 0.29) is 57.0 Å². The van der Waals surface area contributed by atoms with Gasteiger partial charge in [0, 0.05) is 17.8 Å². The van der Waals surface area contributed by atoms with Gasteiger partial charge in [0.15, 0.2) is 12.6 Å². The van der Waals surface area contributed by atoms with E-state index < -0.39 is 91.7 Å². The van der Waals surface area contributed by atoms with Crippen molar-refractivity contribution in [1.82, 2.24) is 0 Å². The van der Waals surface area contributed by atoms with Crippen molar-refractivity contribution in [2.45, 2.75) is 193 Å². The molecule has 2 heterocycles. The van der Waals surface area contributed by atoms with Crippen LogP contribution in [0.5, 0.6) is 0 Å². The monoisotopic (exact) mass is 782 g/mol. The number of aliphatic hydroxyl groups is 8. The SMILES string of the molecule is CC(C)C(=O)CC[C@@H](C)[C@H]1[C@@H](O)C[C@@]2(C)[C@@H]3CC[C@H]4C(C)(C)[C@@H](O[C@@H]5O[C@H](CO)[C@@H](O)[C@H](O)[C@H]5O[C@@H]5O[C@@H](C)[C@H](O)[C@@H](O)[C@H]5O)CC[C@@]45C[C@@]35[C@H](O)C[C@]12C. The number of carbonyl (C=O) groups excluding carboxylic acids is 1. The van der Waals surface area contributed by atoms with E-state index in [1.165, 1.54) is 6.92 Å². The molecule has 0 aromatic carbocycles. The predicted octanol–water partition coefficient (Wildman–Crippen LogP) is 2.05. The minimum Gasteiger partial charge on any atom is -0.394 e. The lowest BCUT2D eigenvalue weighted by molar-refractivity contribution is -0.375. The van der Waals surface area contributed by atoms with Crippen LogP contribution < -0.4 is 0 Å². The number of aliphatic hydroxyl groups excluding tert-OH is 8. The fourth-order valence-corrected chi connectivity index (χ4v) is 14.3. The maximum Gasteiger partial charge on any atom is 0.187 e. The maximum absolute atomic E-state index is 12.6. The first-order valence-corrected chi connectivity index (χ1v) is 21.1. The molecule has 8 N–H and O–H groups in total. The van der Waals surface area contributed by atoms with Gasteiger partial charge in [0.1, 0.15) is 48.5 Å². The van der Waals surface area contributed by atoms with Crippen LogP contribution in [0.4, 0.5) is 0 Å². The molecule has 316 valence electrons. The van der Waals surface area contributed by atoms with Crippen LogP contribution in [-0.2, 0) is 23.7 Å². The van der Waals surface area contributed by atoms with Gasteiger partial charge >= 0.3 is 0 Å². The van der Waals surface area contributed by atoms with Gasteiger partial charge < -0.3 is 59.8 Å². The molecule has 0 radical (unpaired) electrons. The van der Waals surface area contributed by atoms with Crippen LogP contribution in [0.3, 0.4) is 0 Å². The Balaban J connectivity index is 1.11. The Morgan fingerprint density at radius 2 is 1.45 bits per heavy atom. The Bertz CT molecular complexity index is 1430. The van der Waals surface area contributed by atoms with Crippen molar-refractivity contribution in [1.29, 1.82) is 0 Å². The summed E-state index contributed by atoms with van der Waals surface area (Å²) in [5.74, 6) is 0.815. The van der Waals surface area contributed by atoms with Crippen molar-refractivity contribution in [3.05, 3.63) is 0 Å². The number of hydrogen-bond donors (Lipinski definition) is 8. The van der Waals surface area contributed by atoms with E-state index in [0.29, 0.717) is 25.7 Å². The zero-order valence-electron chi connectivity index (χ0n) is 34.1. The van der Waals surface area contributed by atoms with E-state index in [4.69, 9.17) is 18.9 Å². The van der Waals surface area contributed by atoms with Gasteiger partial charge in [-0.3, -0.25) is 4.79 Å². The average molecular weight is 783 g/mol. The van der Waals surface area contributed by atoms with Gasteiger partial charge in [-0.15, -0.1) is 0 Å². The largest absolute Gasteiger partial charge is 0.394 e. The fourth-order valence-electron chi connectivity index (χ4n) is 14.3. The second-order valence-corrected chi connectivity index (χ2v) is 20.5. The molecule has 2 aliphatic heterocycles. The van der Waals surface area contributed by atoms with Gasteiger partial charge in [0.25, 0.3) is 0 Å². The van der Waals surface area contributed by atoms with Gasteiger partial charge in [-0.05, 0) is 104 Å². The first kappa shape index (κ1) is 42.3. The summed E-state index contributed by atoms with van der Waals surface area (Å²) in [7, 11) is 0. The van der Waals surface area contributed by atoms with Gasteiger partial charge in [-0.25, -0.2) is 0 Å². The summed E-state index contributed by atoms with van der Waals surface area (Å²) >= 11 is 0. The van der Waals surface area contributed by atoms with E-state index in [9.17, 15) is 45.6 Å². The topological polar surface area (TPSA) is 216 Å². The molecule has 5 saturated carbocycles. The molecule has 0 aromatic heterocycles. The maximum atomic E-state index is 12.6. The first-order valence-electron chi connectivity index (χ1n) is 21.1. The minimum absolute atomic E-state index is 0.00333. The molecule has 2 saturated heterocycles. The zero-order valence-corrected chi connectivity index (χ0v) is 34.1. The molecule has 7 fully saturated rings. The van der Waals surface area contributed by atoms with E-state index in [0.717, 1.165) is 32.1 Å². The lowest BCUT2D eigenvalue weighted by Crippen LogP contribution is -2.65. The van der Waals surface area contributed by atoms with Crippen LogP contribution >= 0.6 is 0 Å². The molecule has 0 unspecified atom stereocenters. The van der Waals surface area contributed by atoms with Crippen LogP contribution in [0.25, 0.3) is 0 Å². The van der Waals surface area contributed by atoms with E-state index >= 15 is 0 Å². The predicted molar refractivity (Wildman–Crippen MR) is 198 cm³/mol. The molecule has 7 aliphatic rings. The second kappa shape index (κ2) is 14.4. The summed E-state index contributed by atoms with van der Waals surface area (Å²) in [6.45, 7) is 16.0. The standard InChI is InChI=1S/C42H70O13/c1-19(2)22(44)10-9-20(3)29-23(45)15-39(7)26-12-11-25-38(5,6)28(13-14-41(25)18-42(26,41)27(46)16-40(29,39)8)54-37-35(33(50)31(48)24(17-43)53-37)55-36-34(51)32(49)30(47)21(4)52-36/h19-21,23-37,43,45-51H,9-18H2,1-8H3/t20-,21+,23+,24-,25+,26+,27-,28+,29+,30+,31-,32-,33+,34-,35-,36+,37+,39+,40-,41-,42+/m1/s1. The minimum atomic E-state index is -1.65. The Morgan fingerprint density at radius 1 is 0.782 bits per heavy atom. The quantitative estimate of drug-likeness (QED) is 0.149. The number of carbonyl (C=O) groups is 1. The Labute approximate surface area is 326 Å². The molecule has 5 aliphatic carbocycles. The van der Waals surface area contributed by atoms with E-state index in [2.05, 4.69) is 34.6 Å². The number of rotatable bonds is 10. The van der Waals surface area contributed by atoms with Crippen LogP contribution in [0, 0.1) is 56.7 Å². The van der Waals surface area contributed by atoms with Gasteiger partial charge in [-0.1, -0.05) is 48.5 Å². The van der Waals surface area contributed by atoms with Crippen molar-refractivity contribution in [3.63, 3.8) is 0 Å². The molecular formula is C42H70O13. The molecule has 7 rings (SSSR count). The summed E-state index contributed by atoms with van der Waals surface area (Å²) in [5.41, 5.74) is -1.27. The number of Topliss-reactive ketones (excluding diaryl/α,β-unsaturated/α-hetero) is 1. The molecule has 55 heavy (non-hydrogen) atoms. The number of hydrogen-bond acceptors (Lipinski definition) is 13. The molecule has 13 heteroatoms. The summed E-state index contributed by atoms with van der Waals surface area (Å²) < 4.78 is 24.5. The number of ketones is 1. The van der Waals surface area contributed by atoms with Gasteiger partial charge in [0.05, 0.1) is 31.0 Å². The van der Waals surface area contributed by atoms with Gasteiger partial charge in [0.2, 0.25) is 0 Å². The zero-order chi connectivity index (χ0) is 40.4. The normalized spacial score (nSPS) is 54.9.